The van der Waals surface area contributed by atoms with Crippen LogP contribution in [0.4, 0.5) is 8.78 Å². The molecule has 0 nitrogen and oxygen atoms in total. The van der Waals surface area contributed by atoms with E-state index in [2.05, 4.69) is 19.6 Å². The zero-order valence-corrected chi connectivity index (χ0v) is 22.1. The van der Waals surface area contributed by atoms with E-state index in [1.165, 1.54) is 38.5 Å². The second kappa shape index (κ2) is 11.4. The van der Waals surface area contributed by atoms with Crippen molar-refractivity contribution in [3.63, 3.8) is 0 Å². The van der Waals surface area contributed by atoms with Gasteiger partial charge in [-0.05, 0) is 61.2 Å². The van der Waals surface area contributed by atoms with Gasteiger partial charge in [0.1, 0.15) is 0 Å². The summed E-state index contributed by atoms with van der Waals surface area (Å²) in [5.41, 5.74) is 1.46. The van der Waals surface area contributed by atoms with Crippen LogP contribution in [-0.4, -0.2) is 8.07 Å². The van der Waals surface area contributed by atoms with Crippen LogP contribution in [0.1, 0.15) is 64.2 Å². The fourth-order valence-electron chi connectivity index (χ4n) is 7.40. The number of hydrogen-bond acceptors (Lipinski definition) is 0. The van der Waals surface area contributed by atoms with Gasteiger partial charge in [0.05, 0.1) is 0 Å². The van der Waals surface area contributed by atoms with Gasteiger partial charge in [-0.2, -0.15) is 8.78 Å². The molecular weight excluding hydrogens is 414 g/mol. The van der Waals surface area contributed by atoms with Crippen molar-refractivity contribution in [2.75, 3.05) is 0 Å². The maximum atomic E-state index is 14.2. The topological polar surface area (TPSA) is 0 Å². The van der Waals surface area contributed by atoms with E-state index < -0.39 is 14.2 Å². The molecule has 166 valence electrons. The average molecular weight is 459 g/mol. The molecule has 0 heterocycles. The summed E-state index contributed by atoms with van der Waals surface area (Å²) in [6, 6.07) is 0. The summed E-state index contributed by atoms with van der Waals surface area (Å²) < 4.78 is 28.3. The molecule has 6 atom stereocenters. The molecule has 0 N–H and O–H groups in total. The Morgan fingerprint density at radius 2 is 1.14 bits per heavy atom. The van der Waals surface area contributed by atoms with Crippen LogP contribution in [0.2, 0.25) is 18.6 Å². The monoisotopic (exact) mass is 458 g/mol. The summed E-state index contributed by atoms with van der Waals surface area (Å²) in [5, 5.41) is 0. The van der Waals surface area contributed by atoms with E-state index in [1.807, 2.05) is 0 Å². The van der Waals surface area contributed by atoms with Crippen molar-refractivity contribution in [2.45, 2.75) is 82.8 Å². The zero-order valence-electron chi connectivity index (χ0n) is 19.6. The quantitative estimate of drug-likeness (QED) is 0.273. The maximum absolute atomic E-state index is 14.2. The number of hydrogen-bond donors (Lipinski definition) is 0. The fraction of sp³-hybridized carbons (Fsp3) is 0.760. The Hall–Kier alpha value is 0.531. The van der Waals surface area contributed by atoms with Crippen LogP contribution in [0.15, 0.2) is 11.7 Å². The normalized spacial score (nSPS) is 38.4. The van der Waals surface area contributed by atoms with Gasteiger partial charge in [-0.3, -0.25) is 0 Å². The Labute approximate surface area is 197 Å². The standard InChI is InChI=1S/C22H35F2Si.3CH3.Ti/c1-25(2,3)14-12-19-15-8-4-6-10-17(15)21(22(23)24)18-11-7-5-9-16(18)20(19)13-14;;;;/h14-20H,1,4-13H2,2-3H3;3*1H3;/q4*-1;+4. The summed E-state index contributed by atoms with van der Waals surface area (Å²) in [7, 11) is -1.39. The van der Waals surface area contributed by atoms with Crippen molar-refractivity contribution < 1.29 is 30.5 Å². The van der Waals surface area contributed by atoms with Gasteiger partial charge < -0.3 is 28.8 Å². The van der Waals surface area contributed by atoms with Crippen molar-refractivity contribution in [1.29, 1.82) is 0 Å². The van der Waals surface area contributed by atoms with Crippen molar-refractivity contribution in [2.24, 2.45) is 35.5 Å². The third-order valence-electron chi connectivity index (χ3n) is 8.52. The van der Waals surface area contributed by atoms with E-state index in [0.717, 1.165) is 31.2 Å². The van der Waals surface area contributed by atoms with Gasteiger partial charge in [0.25, 0.3) is 6.08 Å². The first kappa shape index (κ1) is 29.5. The van der Waals surface area contributed by atoms with Gasteiger partial charge in [-0.15, -0.1) is 0 Å². The van der Waals surface area contributed by atoms with Crippen LogP contribution in [0.3, 0.4) is 0 Å². The van der Waals surface area contributed by atoms with Crippen LogP contribution in [-0.2, 0) is 21.7 Å². The molecule has 0 aromatic rings. The molecule has 4 rings (SSSR count). The summed E-state index contributed by atoms with van der Waals surface area (Å²) in [4.78, 5) is 0. The average Bonchev–Trinajstić information content (AvgIpc) is 2.97. The predicted molar refractivity (Wildman–Crippen MR) is 122 cm³/mol. The van der Waals surface area contributed by atoms with Crippen LogP contribution in [0.5, 0.6) is 0 Å². The molecule has 6 unspecified atom stereocenters. The Bertz CT molecular complexity index is 503. The van der Waals surface area contributed by atoms with Crippen molar-refractivity contribution in [3.8, 4) is 0 Å². The number of rotatable bonds is 1. The molecule has 29 heavy (non-hydrogen) atoms. The SMILES string of the molecule is [CH2-][Si](C)(C)C1CC2C3CCCCC3C(=C(F)F)C3CCCCC3C2C1.[CH3-].[CH3-].[CH3-].[Ti+4]. The van der Waals surface area contributed by atoms with Gasteiger partial charge in [0.15, 0.2) is 0 Å². The van der Waals surface area contributed by atoms with E-state index in [0.29, 0.717) is 29.2 Å². The van der Waals surface area contributed by atoms with Crippen molar-refractivity contribution >= 4 is 8.07 Å². The van der Waals surface area contributed by atoms with Crippen LogP contribution >= 0.6 is 0 Å². The molecule has 0 aromatic heterocycles. The summed E-state index contributed by atoms with van der Waals surface area (Å²) in [5.74, 6) is 2.92. The van der Waals surface area contributed by atoms with Crippen LogP contribution < -0.4 is 0 Å². The third-order valence-corrected chi connectivity index (χ3v) is 11.2. The van der Waals surface area contributed by atoms with Crippen molar-refractivity contribution in [3.05, 3.63) is 40.5 Å². The number of fused-ring (bicyclic) bond motifs is 5. The van der Waals surface area contributed by atoms with Crippen LogP contribution in [0.25, 0.3) is 0 Å². The fourth-order valence-corrected chi connectivity index (χ4v) is 9.22. The Morgan fingerprint density at radius 1 is 0.759 bits per heavy atom. The smallest absolute Gasteiger partial charge is 0.358 e. The van der Waals surface area contributed by atoms with E-state index in [-0.39, 0.29) is 55.8 Å². The Kier molecular flexibility index (Phi) is 11.6. The first-order chi connectivity index (χ1) is 11.9. The minimum absolute atomic E-state index is 0. The van der Waals surface area contributed by atoms with Crippen molar-refractivity contribution in [1.82, 2.24) is 0 Å². The predicted octanol–water partition coefficient (Wildman–Crippen LogP) is 8.59. The van der Waals surface area contributed by atoms with E-state index in [4.69, 9.17) is 0 Å². The minimum Gasteiger partial charge on any atom is -0.358 e. The number of halogens is 2. The van der Waals surface area contributed by atoms with Gasteiger partial charge in [-0.1, -0.05) is 65.2 Å². The second-order valence-electron chi connectivity index (χ2n) is 10.3. The first-order valence-electron chi connectivity index (χ1n) is 10.8. The van der Waals surface area contributed by atoms with Gasteiger partial charge >= 0.3 is 21.7 Å². The molecule has 0 amide bonds. The third kappa shape index (κ3) is 5.48. The zero-order chi connectivity index (χ0) is 17.8. The summed E-state index contributed by atoms with van der Waals surface area (Å²) in [6.07, 6.45) is 10.6. The second-order valence-corrected chi connectivity index (χ2v) is 15.1. The molecule has 0 saturated heterocycles. The number of allylic oxidation sites excluding steroid dienone is 1. The molecule has 0 bridgehead atoms. The molecule has 4 heteroatoms. The molecule has 0 spiro atoms. The first-order valence-corrected chi connectivity index (χ1v) is 14.1. The molecule has 0 aromatic carbocycles. The van der Waals surface area contributed by atoms with E-state index in [9.17, 15) is 8.78 Å². The van der Waals surface area contributed by atoms with E-state index in [1.54, 1.807) is 0 Å². The molecule has 0 aliphatic heterocycles. The molecule has 4 aliphatic rings. The van der Waals surface area contributed by atoms with Gasteiger partial charge in [0, 0.05) is 5.57 Å². The summed E-state index contributed by atoms with van der Waals surface area (Å²) in [6.45, 7) is 9.44. The minimum atomic E-state index is -1.39. The molecule has 4 aliphatic carbocycles. The molecule has 4 fully saturated rings. The molecule has 0 radical (unpaired) electrons. The van der Waals surface area contributed by atoms with Gasteiger partial charge in [0.2, 0.25) is 0 Å². The Balaban J connectivity index is 0.00000196. The van der Waals surface area contributed by atoms with Gasteiger partial charge in [-0.25, -0.2) is 0 Å². The van der Waals surface area contributed by atoms with E-state index >= 15 is 0 Å². The largest absolute Gasteiger partial charge is 4.00 e. The molecule has 4 saturated carbocycles. The Morgan fingerprint density at radius 3 is 1.48 bits per heavy atom. The van der Waals surface area contributed by atoms with Crippen LogP contribution in [0, 0.1) is 64.3 Å². The summed E-state index contributed by atoms with van der Waals surface area (Å²) >= 11 is 0. The molecular formula is C25H44F2SiTi. The maximum Gasteiger partial charge on any atom is 4.00 e.